The summed E-state index contributed by atoms with van der Waals surface area (Å²) in [6.07, 6.45) is 2.07. The quantitative estimate of drug-likeness (QED) is 0.127. The Balaban J connectivity index is 0.847. The zero-order chi connectivity index (χ0) is 36.6. The largest absolute Gasteiger partial charge is 0.326 e. The SMILES string of the molecule is O=CC1CC(C(=O)Nc2ccc(-c3ccc4c(ccc5ccccc54)n3)cc2)CC(C(=O)Nc2ccc(-c3ccc4c(ccc5ccccc54)n3)cc2)C1. The number of amides is 2. The fourth-order valence-corrected chi connectivity index (χ4v) is 7.93. The molecule has 2 N–H and O–H groups in total. The molecule has 2 amide bonds. The molecule has 1 fully saturated rings. The van der Waals surface area contributed by atoms with Crippen LogP contribution in [0, 0.1) is 17.8 Å². The molecule has 1 aliphatic carbocycles. The van der Waals surface area contributed by atoms with Gasteiger partial charge < -0.3 is 15.4 Å². The highest BCUT2D eigenvalue weighted by Gasteiger charge is 2.36. The Morgan fingerprint density at radius 1 is 0.481 bits per heavy atom. The van der Waals surface area contributed by atoms with E-state index in [2.05, 4.69) is 59.2 Å². The van der Waals surface area contributed by atoms with Crippen molar-refractivity contribution >= 4 is 72.8 Å². The van der Waals surface area contributed by atoms with Crippen LogP contribution in [0.15, 0.2) is 146 Å². The van der Waals surface area contributed by atoms with Gasteiger partial charge >= 0.3 is 0 Å². The molecule has 2 aromatic heterocycles. The van der Waals surface area contributed by atoms with E-state index < -0.39 is 11.8 Å². The molecule has 0 spiro atoms. The number of benzene rings is 6. The second kappa shape index (κ2) is 14.0. The van der Waals surface area contributed by atoms with Crippen LogP contribution in [-0.2, 0) is 14.4 Å². The van der Waals surface area contributed by atoms with E-state index in [0.717, 1.165) is 50.6 Å². The van der Waals surface area contributed by atoms with Crippen molar-refractivity contribution in [3.05, 3.63) is 146 Å². The molecule has 262 valence electrons. The third-order valence-corrected chi connectivity index (χ3v) is 10.8. The summed E-state index contributed by atoms with van der Waals surface area (Å²) in [4.78, 5) is 48.8. The maximum absolute atomic E-state index is 13.5. The third-order valence-electron chi connectivity index (χ3n) is 10.8. The van der Waals surface area contributed by atoms with Crippen molar-refractivity contribution in [1.82, 2.24) is 9.97 Å². The Morgan fingerprint density at radius 2 is 0.926 bits per heavy atom. The van der Waals surface area contributed by atoms with Crippen LogP contribution in [0.1, 0.15) is 19.3 Å². The van der Waals surface area contributed by atoms with Gasteiger partial charge in [-0.3, -0.25) is 9.59 Å². The van der Waals surface area contributed by atoms with Gasteiger partial charge in [-0.25, -0.2) is 9.97 Å². The minimum atomic E-state index is -0.472. The van der Waals surface area contributed by atoms with Crippen molar-refractivity contribution in [2.24, 2.45) is 17.8 Å². The normalized spacial score (nSPS) is 17.1. The average Bonchev–Trinajstić information content (AvgIpc) is 3.23. The highest BCUT2D eigenvalue weighted by atomic mass is 16.2. The lowest BCUT2D eigenvalue weighted by molar-refractivity contribution is -0.127. The van der Waals surface area contributed by atoms with E-state index in [0.29, 0.717) is 30.6 Å². The van der Waals surface area contributed by atoms with Crippen molar-refractivity contribution in [2.45, 2.75) is 19.3 Å². The number of fused-ring (bicyclic) bond motifs is 6. The number of aromatic nitrogens is 2. The molecule has 0 radical (unpaired) electrons. The van der Waals surface area contributed by atoms with Crippen molar-refractivity contribution in [1.29, 1.82) is 0 Å². The van der Waals surface area contributed by atoms with Gasteiger partial charge in [-0.05, 0) is 89.3 Å². The average molecular weight is 705 g/mol. The summed E-state index contributed by atoms with van der Waals surface area (Å²) in [5, 5.41) is 13.0. The minimum absolute atomic E-state index is 0.192. The topological polar surface area (TPSA) is 101 Å². The van der Waals surface area contributed by atoms with Crippen molar-refractivity contribution < 1.29 is 14.4 Å². The molecule has 2 unspecified atom stereocenters. The number of rotatable bonds is 7. The highest BCUT2D eigenvalue weighted by Crippen LogP contribution is 2.35. The predicted octanol–water partition coefficient (Wildman–Crippen LogP) is 10.2. The summed E-state index contributed by atoms with van der Waals surface area (Å²) in [6, 6.07) is 48.3. The van der Waals surface area contributed by atoms with E-state index in [-0.39, 0.29) is 17.7 Å². The summed E-state index contributed by atoms with van der Waals surface area (Å²) < 4.78 is 0. The zero-order valence-corrected chi connectivity index (χ0v) is 29.4. The van der Waals surface area contributed by atoms with Gasteiger partial charge in [0.1, 0.15) is 6.29 Å². The van der Waals surface area contributed by atoms with E-state index in [9.17, 15) is 14.4 Å². The van der Waals surface area contributed by atoms with Crippen LogP contribution in [0.5, 0.6) is 0 Å². The first-order chi connectivity index (χ1) is 26.5. The fourth-order valence-electron chi connectivity index (χ4n) is 7.93. The molecular weight excluding hydrogens is 669 g/mol. The van der Waals surface area contributed by atoms with Crippen LogP contribution in [0.4, 0.5) is 11.4 Å². The molecule has 7 nitrogen and oxygen atoms in total. The first kappa shape index (κ1) is 33.1. The first-order valence-electron chi connectivity index (χ1n) is 18.3. The summed E-state index contributed by atoms with van der Waals surface area (Å²) in [5.74, 6) is -1.70. The molecule has 6 aromatic carbocycles. The lowest BCUT2D eigenvalue weighted by atomic mass is 9.75. The van der Waals surface area contributed by atoms with E-state index in [1.54, 1.807) is 0 Å². The number of pyridine rings is 2. The standard InChI is InChI=1S/C47H36N4O3/c52-28-29-25-34(46(53)48-36-15-9-32(10-16-36)42-23-19-40-38-7-3-1-5-30(38)13-21-44(40)50-42)27-35(26-29)47(54)49-37-17-11-33(12-18-37)43-24-20-41-39-8-4-2-6-31(39)14-22-45(41)51-43/h1-24,28-29,34-35H,25-27H2,(H,48,53)(H,49,54). The Hall–Kier alpha value is -6.73. The molecule has 8 aromatic rings. The molecule has 0 aliphatic heterocycles. The van der Waals surface area contributed by atoms with Crippen molar-refractivity contribution in [3.8, 4) is 22.5 Å². The number of nitrogens with one attached hydrogen (secondary N) is 2. The summed E-state index contributed by atoms with van der Waals surface area (Å²) in [6.45, 7) is 0. The van der Waals surface area contributed by atoms with Gasteiger partial charge in [0.15, 0.2) is 0 Å². The van der Waals surface area contributed by atoms with Gasteiger partial charge in [0, 0.05) is 51.0 Å². The maximum Gasteiger partial charge on any atom is 0.227 e. The van der Waals surface area contributed by atoms with E-state index in [1.165, 1.54) is 21.5 Å². The lowest BCUT2D eigenvalue weighted by Gasteiger charge is -2.31. The van der Waals surface area contributed by atoms with Gasteiger partial charge in [-0.15, -0.1) is 0 Å². The molecule has 1 aliphatic rings. The summed E-state index contributed by atoms with van der Waals surface area (Å²) in [7, 11) is 0. The van der Waals surface area contributed by atoms with Crippen molar-refractivity contribution in [3.63, 3.8) is 0 Å². The number of carbonyl (C=O) groups excluding carboxylic acids is 3. The van der Waals surface area contributed by atoms with E-state index in [4.69, 9.17) is 9.97 Å². The molecule has 54 heavy (non-hydrogen) atoms. The van der Waals surface area contributed by atoms with Gasteiger partial charge in [0.2, 0.25) is 11.8 Å². The van der Waals surface area contributed by atoms with Crippen molar-refractivity contribution in [2.75, 3.05) is 10.6 Å². The van der Waals surface area contributed by atoms with E-state index >= 15 is 0 Å². The number of anilines is 2. The van der Waals surface area contributed by atoms with Crippen LogP contribution in [0.2, 0.25) is 0 Å². The molecule has 9 rings (SSSR count). The maximum atomic E-state index is 13.5. The fraction of sp³-hybridized carbons (Fsp3) is 0.128. The van der Waals surface area contributed by atoms with Gasteiger partial charge in [0.25, 0.3) is 0 Å². The van der Waals surface area contributed by atoms with Gasteiger partial charge in [-0.2, -0.15) is 0 Å². The van der Waals surface area contributed by atoms with Crippen LogP contribution in [0.25, 0.3) is 65.9 Å². The molecular formula is C47H36N4O3. The Labute approximate surface area is 312 Å². The van der Waals surface area contributed by atoms with Gasteiger partial charge in [0.05, 0.1) is 22.4 Å². The Bertz CT molecular complexity index is 2540. The molecule has 2 atom stereocenters. The van der Waals surface area contributed by atoms with E-state index in [1.807, 2.05) is 97.1 Å². The molecule has 0 saturated heterocycles. The van der Waals surface area contributed by atoms with Gasteiger partial charge in [-0.1, -0.05) is 97.1 Å². The molecule has 7 heteroatoms. The highest BCUT2D eigenvalue weighted by molar-refractivity contribution is 6.07. The Kier molecular flexibility index (Phi) is 8.60. The molecule has 0 bridgehead atoms. The van der Waals surface area contributed by atoms with Crippen LogP contribution >= 0.6 is 0 Å². The number of aldehydes is 1. The smallest absolute Gasteiger partial charge is 0.227 e. The molecule has 2 heterocycles. The lowest BCUT2D eigenvalue weighted by Crippen LogP contribution is -2.37. The second-order valence-corrected chi connectivity index (χ2v) is 14.2. The number of hydrogen-bond donors (Lipinski definition) is 2. The van der Waals surface area contributed by atoms with Crippen LogP contribution in [-0.4, -0.2) is 28.1 Å². The van der Waals surface area contributed by atoms with Crippen LogP contribution < -0.4 is 10.6 Å². The predicted molar refractivity (Wildman–Crippen MR) is 217 cm³/mol. The molecule has 1 saturated carbocycles. The number of hydrogen-bond acceptors (Lipinski definition) is 5. The minimum Gasteiger partial charge on any atom is -0.326 e. The monoisotopic (exact) mass is 704 g/mol. The first-order valence-corrected chi connectivity index (χ1v) is 18.3. The summed E-state index contributed by atoms with van der Waals surface area (Å²) in [5.41, 5.74) is 6.72. The Morgan fingerprint density at radius 3 is 1.37 bits per heavy atom. The second-order valence-electron chi connectivity index (χ2n) is 14.2. The summed E-state index contributed by atoms with van der Waals surface area (Å²) >= 11 is 0. The third kappa shape index (κ3) is 6.45. The number of carbonyl (C=O) groups is 3. The number of nitrogens with zero attached hydrogens (tertiary/aromatic N) is 2. The van der Waals surface area contributed by atoms with Crippen LogP contribution in [0.3, 0.4) is 0 Å². The zero-order valence-electron chi connectivity index (χ0n) is 29.4.